The molecule has 1 fully saturated rings. The normalized spacial score (nSPS) is 25.2. The largest absolute Gasteiger partial charge is 0.322 e. The lowest BCUT2D eigenvalue weighted by Crippen LogP contribution is -2.43. The Balaban J connectivity index is 1.35. The van der Waals surface area contributed by atoms with Crippen molar-refractivity contribution < 1.29 is 19.9 Å². The fraction of sp³-hybridized carbons (Fsp3) is 0.250. The van der Waals surface area contributed by atoms with E-state index in [1.807, 2.05) is 28.8 Å². The van der Waals surface area contributed by atoms with Crippen LogP contribution in [0.15, 0.2) is 67.3 Å². The first kappa shape index (κ1) is 13.2. The van der Waals surface area contributed by atoms with E-state index in [2.05, 4.69) is 27.1 Å². The third kappa shape index (κ3) is 5.40. The summed E-state index contributed by atoms with van der Waals surface area (Å²) in [7, 11) is 0. The molecule has 7 heteroatoms. The molecular formula is C28H28N6O. The molecule has 3 aromatic heterocycles. The topological polar surface area (TPSA) is 65.8 Å². The highest BCUT2D eigenvalue weighted by Gasteiger charge is 2.15. The number of hydrogen-bond donors (Lipinski definition) is 1. The summed E-state index contributed by atoms with van der Waals surface area (Å²) in [6, 6.07) is 11.6. The lowest BCUT2D eigenvalue weighted by Gasteiger charge is -2.32. The maximum atomic E-state index is 13.1. The predicted molar refractivity (Wildman–Crippen MR) is 137 cm³/mol. The van der Waals surface area contributed by atoms with Gasteiger partial charge in [0, 0.05) is 77.5 Å². The van der Waals surface area contributed by atoms with Gasteiger partial charge in [-0.3, -0.25) is 19.1 Å². The van der Waals surface area contributed by atoms with Crippen molar-refractivity contribution >= 4 is 17.2 Å². The van der Waals surface area contributed by atoms with Crippen LogP contribution in [0.1, 0.15) is 47.8 Å². The standard InChI is InChI=1S/C28H28N6O/c1-21-15-25(8-7-23(21)20-33-13-11-32(2)12-14-33)31-28(35)24-16-22(17-29-18-24)6-9-26-19-30-27-5-3-4-10-34(26)27/h3-5,7-8,10,15-19H,11-14,20H2,1-2H3,(H,31,35)/i2D3,11D2,12D2,13D2,14D2. The van der Waals surface area contributed by atoms with E-state index in [4.69, 9.17) is 15.1 Å². The molecule has 0 aliphatic carbocycles. The second-order valence-electron chi connectivity index (χ2n) is 7.75. The fourth-order valence-corrected chi connectivity index (χ4v) is 3.47. The average molecular weight is 476 g/mol. The smallest absolute Gasteiger partial charge is 0.257 e. The summed E-state index contributed by atoms with van der Waals surface area (Å²) >= 11 is 0. The van der Waals surface area contributed by atoms with Crippen LogP contribution in [0, 0.1) is 18.8 Å². The molecule has 0 radical (unpaired) electrons. The van der Waals surface area contributed by atoms with Crippen LogP contribution in [-0.2, 0) is 6.54 Å². The first-order valence-corrected chi connectivity index (χ1v) is 10.7. The van der Waals surface area contributed by atoms with Crippen molar-refractivity contribution in [1.82, 2.24) is 24.2 Å². The number of carbonyl (C=O) groups is 1. The van der Waals surface area contributed by atoms with Gasteiger partial charge in [0.2, 0.25) is 0 Å². The van der Waals surface area contributed by atoms with Crippen molar-refractivity contribution in [3.05, 3.63) is 95.2 Å². The molecule has 176 valence electrons. The molecule has 0 bridgehead atoms. The summed E-state index contributed by atoms with van der Waals surface area (Å²) in [5.74, 6) is 5.51. The zero-order valence-electron chi connectivity index (χ0n) is 29.7. The molecule has 35 heavy (non-hydrogen) atoms. The second kappa shape index (κ2) is 10.1. The number of rotatable bonds is 4. The molecule has 5 rings (SSSR count). The summed E-state index contributed by atoms with van der Waals surface area (Å²) in [5, 5.41) is 2.74. The van der Waals surface area contributed by atoms with Gasteiger partial charge in [-0.1, -0.05) is 18.1 Å². The SMILES string of the molecule is [2H]C([2H])([2H])N1C([2H])([2H])C([2H])([2H])N(Cc2ccc(NC(=O)c3cncc(C#Cc4cnc5ccccn45)c3)cc2C)C([2H])([2H])C1([2H])[2H]. The summed E-state index contributed by atoms with van der Waals surface area (Å²) in [6.45, 7) is -15.9. The van der Waals surface area contributed by atoms with Crippen molar-refractivity contribution in [2.75, 3.05) is 38.3 Å². The summed E-state index contributed by atoms with van der Waals surface area (Å²) < 4.78 is 91.6. The number of hydrogen-bond acceptors (Lipinski definition) is 5. The maximum absolute atomic E-state index is 13.1. The van der Waals surface area contributed by atoms with E-state index < -0.39 is 45.4 Å². The number of piperazine rings is 1. The lowest BCUT2D eigenvalue weighted by atomic mass is 10.1. The second-order valence-corrected chi connectivity index (χ2v) is 7.75. The van der Waals surface area contributed by atoms with Crippen LogP contribution in [0.3, 0.4) is 0 Å². The highest BCUT2D eigenvalue weighted by molar-refractivity contribution is 6.04. The minimum absolute atomic E-state index is 0.227. The maximum Gasteiger partial charge on any atom is 0.257 e. The molecule has 1 N–H and O–H groups in total. The van der Waals surface area contributed by atoms with Crippen molar-refractivity contribution in [2.45, 2.75) is 13.5 Å². The Morgan fingerprint density at radius 2 is 2.00 bits per heavy atom. The molecule has 1 amide bonds. The van der Waals surface area contributed by atoms with Gasteiger partial charge in [0.05, 0.1) is 11.8 Å². The number of anilines is 1. The number of pyridine rings is 2. The van der Waals surface area contributed by atoms with Gasteiger partial charge in [-0.25, -0.2) is 4.98 Å². The van der Waals surface area contributed by atoms with Crippen LogP contribution in [0.5, 0.6) is 0 Å². The quantitative estimate of drug-likeness (QED) is 0.458. The van der Waals surface area contributed by atoms with Gasteiger partial charge < -0.3 is 10.2 Å². The van der Waals surface area contributed by atoms with Gasteiger partial charge in [0.15, 0.2) is 0 Å². The molecule has 1 aliphatic rings. The summed E-state index contributed by atoms with van der Waals surface area (Å²) in [4.78, 5) is 21.5. The Morgan fingerprint density at radius 1 is 1.11 bits per heavy atom. The number of benzene rings is 1. The van der Waals surface area contributed by atoms with Crippen molar-refractivity contribution in [2.24, 2.45) is 0 Å². The first-order valence-electron chi connectivity index (χ1n) is 16.2. The van der Waals surface area contributed by atoms with E-state index in [0.29, 0.717) is 33.0 Å². The molecule has 0 spiro atoms. The Morgan fingerprint density at radius 3 is 2.83 bits per heavy atom. The number of amides is 1. The Kier molecular flexibility index (Phi) is 3.81. The zero-order chi connectivity index (χ0) is 33.9. The van der Waals surface area contributed by atoms with Gasteiger partial charge in [-0.2, -0.15) is 0 Å². The number of carbonyl (C=O) groups excluding carboxylic acids is 1. The molecule has 1 aromatic carbocycles. The molecule has 1 saturated heterocycles. The van der Waals surface area contributed by atoms with E-state index >= 15 is 0 Å². The minimum atomic E-state index is -3.48. The van der Waals surface area contributed by atoms with Crippen molar-refractivity contribution in [1.29, 1.82) is 0 Å². The van der Waals surface area contributed by atoms with Gasteiger partial charge >= 0.3 is 0 Å². The number of aryl methyl sites for hydroxylation is 1. The summed E-state index contributed by atoms with van der Waals surface area (Å²) in [5.41, 5.74) is 3.22. The Bertz CT molecular complexity index is 1850. The van der Waals surface area contributed by atoms with E-state index in [9.17, 15) is 4.79 Å². The minimum Gasteiger partial charge on any atom is -0.322 e. The monoisotopic (exact) mass is 475 g/mol. The molecule has 1 aliphatic heterocycles. The van der Waals surface area contributed by atoms with E-state index in [0.717, 1.165) is 5.65 Å². The molecule has 0 atom stereocenters. The van der Waals surface area contributed by atoms with Crippen LogP contribution >= 0.6 is 0 Å². The van der Waals surface area contributed by atoms with Crippen LogP contribution in [0.2, 0.25) is 0 Å². The average Bonchev–Trinajstić information content (AvgIpc) is 3.37. The summed E-state index contributed by atoms with van der Waals surface area (Å²) in [6.07, 6.45) is 6.38. The van der Waals surface area contributed by atoms with Crippen LogP contribution in [-0.4, -0.2) is 63.0 Å². The lowest BCUT2D eigenvalue weighted by molar-refractivity contribution is 0.102. The van der Waals surface area contributed by atoms with Gasteiger partial charge in [0.25, 0.3) is 5.91 Å². The first-order chi connectivity index (χ1) is 21.3. The van der Waals surface area contributed by atoms with E-state index in [-0.39, 0.29) is 10.5 Å². The highest BCUT2D eigenvalue weighted by Crippen LogP contribution is 2.19. The predicted octanol–water partition coefficient (Wildman–Crippen LogP) is 3.44. The molecular weight excluding hydrogens is 436 g/mol. The molecule has 0 saturated carbocycles. The van der Waals surface area contributed by atoms with Gasteiger partial charge in [-0.15, -0.1) is 0 Å². The molecule has 4 aromatic rings. The van der Waals surface area contributed by atoms with Crippen LogP contribution in [0.4, 0.5) is 5.69 Å². The highest BCUT2D eigenvalue weighted by atomic mass is 16.1. The van der Waals surface area contributed by atoms with Crippen molar-refractivity contribution in [3.63, 3.8) is 0 Å². The number of nitrogens with one attached hydrogen (secondary N) is 1. The third-order valence-corrected chi connectivity index (χ3v) is 5.27. The van der Waals surface area contributed by atoms with Crippen LogP contribution < -0.4 is 5.32 Å². The third-order valence-electron chi connectivity index (χ3n) is 5.27. The van der Waals surface area contributed by atoms with E-state index in [1.165, 1.54) is 24.5 Å². The number of imidazole rings is 1. The van der Waals surface area contributed by atoms with Gasteiger partial charge in [-0.05, 0) is 61.3 Å². The number of likely N-dealkylation sites (N-methyl/N-ethyl adjacent to an activating group) is 1. The van der Waals surface area contributed by atoms with E-state index in [1.54, 1.807) is 25.3 Å². The Labute approximate surface area is 220 Å². The molecule has 0 unspecified atom stereocenters. The number of aromatic nitrogens is 3. The van der Waals surface area contributed by atoms with Crippen LogP contribution in [0.25, 0.3) is 5.65 Å². The fourth-order valence-electron chi connectivity index (χ4n) is 3.47. The number of fused-ring (bicyclic) bond motifs is 1. The van der Waals surface area contributed by atoms with Crippen molar-refractivity contribution in [3.8, 4) is 11.8 Å². The number of nitrogens with zero attached hydrogens (tertiary/aromatic N) is 5. The molecule has 7 nitrogen and oxygen atoms in total. The van der Waals surface area contributed by atoms with Gasteiger partial charge in [0.1, 0.15) is 11.3 Å². The Hall–Kier alpha value is -3.99. The zero-order valence-corrected chi connectivity index (χ0v) is 18.7. The molecule has 4 heterocycles.